The molecule has 0 spiro atoms. The van der Waals surface area contributed by atoms with Gasteiger partial charge in [0, 0.05) is 29.9 Å². The molecule has 0 fully saturated rings. The summed E-state index contributed by atoms with van der Waals surface area (Å²) in [6.07, 6.45) is 0. The van der Waals surface area contributed by atoms with Crippen LogP contribution in [0.1, 0.15) is 54.1 Å². The molecule has 0 saturated heterocycles. The highest BCUT2D eigenvalue weighted by Gasteiger charge is 2.26. The van der Waals surface area contributed by atoms with Crippen LogP contribution in [0.15, 0.2) is 47.6 Å². The highest BCUT2D eigenvalue weighted by Crippen LogP contribution is 2.26. The molecule has 2 N–H and O–H groups in total. The van der Waals surface area contributed by atoms with Crippen LogP contribution in [0.25, 0.3) is 0 Å². The molecule has 1 heterocycles. The Balaban J connectivity index is 1.74. The average Bonchev–Trinajstić information content (AvgIpc) is 3.25. The number of hydrogen-bond donors (Lipinski definition) is 2. The van der Waals surface area contributed by atoms with Gasteiger partial charge in [-0.25, -0.2) is 0 Å². The molecule has 1 aromatic heterocycles. The summed E-state index contributed by atoms with van der Waals surface area (Å²) in [4.78, 5) is 36.0. The van der Waals surface area contributed by atoms with E-state index in [1.807, 2.05) is 57.4 Å². The monoisotopic (exact) mass is 510 g/mol. The summed E-state index contributed by atoms with van der Waals surface area (Å²) in [5.41, 5.74) is 2.86. The van der Waals surface area contributed by atoms with Gasteiger partial charge in [0.05, 0.1) is 16.7 Å². The van der Waals surface area contributed by atoms with Gasteiger partial charge in [0.2, 0.25) is 5.91 Å². The standard InChI is InChI=1S/C25H30N6O4S/c1-6-30-23(22(15(2)3)27-24(33)18-8-7-9-19(13-18)31(34)35)28-29-25(30)36-14-21(32)26-20-12-16(4)10-11-17(20)5/h7-13,15,22H,6,14H2,1-5H3,(H,26,32)(H,27,33)/t22-/m0/s1. The number of rotatable bonds is 10. The predicted molar refractivity (Wildman–Crippen MR) is 139 cm³/mol. The van der Waals surface area contributed by atoms with Gasteiger partial charge in [-0.3, -0.25) is 19.7 Å². The van der Waals surface area contributed by atoms with Crippen LogP contribution in [0.3, 0.4) is 0 Å². The summed E-state index contributed by atoms with van der Waals surface area (Å²) < 4.78 is 1.87. The van der Waals surface area contributed by atoms with Crippen molar-refractivity contribution in [2.45, 2.75) is 52.4 Å². The van der Waals surface area contributed by atoms with Crippen molar-refractivity contribution in [1.29, 1.82) is 0 Å². The first-order chi connectivity index (χ1) is 17.1. The van der Waals surface area contributed by atoms with Crippen molar-refractivity contribution in [3.63, 3.8) is 0 Å². The van der Waals surface area contributed by atoms with E-state index in [0.717, 1.165) is 16.8 Å². The Kier molecular flexibility index (Phi) is 8.81. The molecule has 2 amide bonds. The molecule has 11 heteroatoms. The molecule has 0 unspecified atom stereocenters. The fourth-order valence-electron chi connectivity index (χ4n) is 3.64. The van der Waals surface area contributed by atoms with Gasteiger partial charge in [0.15, 0.2) is 11.0 Å². The van der Waals surface area contributed by atoms with E-state index in [1.54, 1.807) is 0 Å². The van der Waals surface area contributed by atoms with Crippen molar-refractivity contribution in [2.24, 2.45) is 5.92 Å². The first kappa shape index (κ1) is 26.9. The number of benzene rings is 2. The first-order valence-corrected chi connectivity index (χ1v) is 12.6. The Morgan fingerprint density at radius 3 is 2.56 bits per heavy atom. The number of aryl methyl sites for hydroxylation is 2. The highest BCUT2D eigenvalue weighted by molar-refractivity contribution is 7.99. The Bertz CT molecular complexity index is 1270. The number of amides is 2. The predicted octanol–water partition coefficient (Wildman–Crippen LogP) is 4.68. The van der Waals surface area contributed by atoms with E-state index in [4.69, 9.17) is 0 Å². The molecular weight excluding hydrogens is 480 g/mol. The second-order valence-electron chi connectivity index (χ2n) is 8.74. The van der Waals surface area contributed by atoms with E-state index in [2.05, 4.69) is 20.8 Å². The number of hydrogen-bond acceptors (Lipinski definition) is 7. The third kappa shape index (κ3) is 6.48. The molecule has 0 aliphatic heterocycles. The van der Waals surface area contributed by atoms with Gasteiger partial charge in [0.25, 0.3) is 11.6 Å². The molecule has 3 aromatic rings. The number of nitro benzene ring substituents is 1. The smallest absolute Gasteiger partial charge is 0.270 e. The molecule has 36 heavy (non-hydrogen) atoms. The van der Waals surface area contributed by atoms with Crippen LogP contribution in [0, 0.1) is 29.9 Å². The normalized spacial score (nSPS) is 11.8. The lowest BCUT2D eigenvalue weighted by Crippen LogP contribution is -2.33. The lowest BCUT2D eigenvalue weighted by Gasteiger charge is -2.22. The van der Waals surface area contributed by atoms with E-state index in [0.29, 0.717) is 17.5 Å². The van der Waals surface area contributed by atoms with Crippen LogP contribution >= 0.6 is 11.8 Å². The Morgan fingerprint density at radius 2 is 1.89 bits per heavy atom. The maximum absolute atomic E-state index is 12.9. The molecule has 0 radical (unpaired) electrons. The van der Waals surface area contributed by atoms with Crippen molar-refractivity contribution >= 4 is 35.0 Å². The fraction of sp³-hybridized carbons (Fsp3) is 0.360. The van der Waals surface area contributed by atoms with Gasteiger partial charge in [-0.2, -0.15) is 0 Å². The molecule has 190 valence electrons. The van der Waals surface area contributed by atoms with E-state index in [1.165, 1.54) is 36.0 Å². The first-order valence-electron chi connectivity index (χ1n) is 11.6. The number of carbonyl (C=O) groups is 2. The Morgan fingerprint density at radius 1 is 1.14 bits per heavy atom. The molecule has 10 nitrogen and oxygen atoms in total. The van der Waals surface area contributed by atoms with Gasteiger partial charge in [0.1, 0.15) is 0 Å². The summed E-state index contributed by atoms with van der Waals surface area (Å²) in [6, 6.07) is 11.0. The summed E-state index contributed by atoms with van der Waals surface area (Å²) >= 11 is 1.27. The number of anilines is 1. The van der Waals surface area contributed by atoms with Crippen LogP contribution in [0.4, 0.5) is 11.4 Å². The Hall–Kier alpha value is -3.73. The van der Waals surface area contributed by atoms with Crippen LogP contribution in [0.5, 0.6) is 0 Å². The summed E-state index contributed by atoms with van der Waals surface area (Å²) in [6.45, 7) is 10.3. The molecule has 0 bridgehead atoms. The number of carbonyl (C=O) groups excluding carboxylic acids is 2. The van der Waals surface area contributed by atoms with Crippen molar-refractivity contribution < 1.29 is 14.5 Å². The van der Waals surface area contributed by atoms with Crippen LogP contribution in [-0.4, -0.2) is 37.3 Å². The highest BCUT2D eigenvalue weighted by atomic mass is 32.2. The van der Waals surface area contributed by atoms with E-state index < -0.39 is 16.9 Å². The number of aromatic nitrogens is 3. The van der Waals surface area contributed by atoms with E-state index in [9.17, 15) is 19.7 Å². The SMILES string of the molecule is CCn1c(SCC(=O)Nc2cc(C)ccc2C)nnc1[C@@H](NC(=O)c1cccc([N+](=O)[O-])c1)C(C)C. The van der Waals surface area contributed by atoms with Gasteiger partial charge in [-0.15, -0.1) is 10.2 Å². The zero-order chi connectivity index (χ0) is 26.4. The van der Waals surface area contributed by atoms with Crippen molar-refractivity contribution in [3.8, 4) is 0 Å². The minimum atomic E-state index is -0.537. The molecule has 1 atom stereocenters. The quantitative estimate of drug-likeness (QED) is 0.230. The average molecular weight is 511 g/mol. The fourth-order valence-corrected chi connectivity index (χ4v) is 4.45. The van der Waals surface area contributed by atoms with Gasteiger partial charge >= 0.3 is 0 Å². The van der Waals surface area contributed by atoms with Crippen molar-refractivity contribution in [1.82, 2.24) is 20.1 Å². The molecule has 3 rings (SSSR count). The van der Waals surface area contributed by atoms with Crippen molar-refractivity contribution in [3.05, 3.63) is 75.1 Å². The zero-order valence-corrected chi connectivity index (χ0v) is 21.8. The van der Waals surface area contributed by atoms with E-state index in [-0.39, 0.29) is 28.8 Å². The van der Waals surface area contributed by atoms with Crippen molar-refractivity contribution in [2.75, 3.05) is 11.1 Å². The third-order valence-electron chi connectivity index (χ3n) is 5.61. The van der Waals surface area contributed by atoms with E-state index >= 15 is 0 Å². The number of nitro groups is 1. The summed E-state index contributed by atoms with van der Waals surface area (Å²) in [5.74, 6) is 0.0829. The number of non-ortho nitro benzene ring substituents is 1. The second kappa shape index (κ2) is 11.8. The maximum Gasteiger partial charge on any atom is 0.270 e. The summed E-state index contributed by atoms with van der Waals surface area (Å²) in [5, 5.41) is 26.1. The van der Waals surface area contributed by atoms with Crippen LogP contribution in [0.2, 0.25) is 0 Å². The van der Waals surface area contributed by atoms with Gasteiger partial charge in [-0.1, -0.05) is 43.8 Å². The molecule has 0 aliphatic carbocycles. The molecule has 0 aliphatic rings. The topological polar surface area (TPSA) is 132 Å². The zero-order valence-electron chi connectivity index (χ0n) is 20.9. The molecular formula is C25H30N6O4S. The third-order valence-corrected chi connectivity index (χ3v) is 6.58. The van der Waals surface area contributed by atoms with Crippen LogP contribution in [-0.2, 0) is 11.3 Å². The number of nitrogens with zero attached hydrogens (tertiary/aromatic N) is 4. The van der Waals surface area contributed by atoms with Gasteiger partial charge in [-0.05, 0) is 49.9 Å². The maximum atomic E-state index is 12.9. The number of thioether (sulfide) groups is 1. The summed E-state index contributed by atoms with van der Waals surface area (Å²) in [7, 11) is 0. The van der Waals surface area contributed by atoms with Crippen LogP contribution < -0.4 is 10.6 Å². The minimum absolute atomic E-state index is 0.0346. The minimum Gasteiger partial charge on any atom is -0.342 e. The lowest BCUT2D eigenvalue weighted by atomic mass is 10.0. The largest absolute Gasteiger partial charge is 0.342 e. The number of nitrogens with one attached hydrogen (secondary N) is 2. The lowest BCUT2D eigenvalue weighted by molar-refractivity contribution is -0.384. The second-order valence-corrected chi connectivity index (χ2v) is 9.69. The molecule has 2 aromatic carbocycles. The molecule has 0 saturated carbocycles. The van der Waals surface area contributed by atoms with Gasteiger partial charge < -0.3 is 15.2 Å². The Labute approximate surface area is 214 Å².